The van der Waals surface area contributed by atoms with Gasteiger partial charge in [0, 0.05) is 24.7 Å². The van der Waals surface area contributed by atoms with E-state index in [4.69, 9.17) is 5.11 Å². The van der Waals surface area contributed by atoms with Crippen molar-refractivity contribution >= 4 is 5.97 Å². The Balaban J connectivity index is 1.82. The minimum atomic E-state index is -0.794. The second-order valence-corrected chi connectivity index (χ2v) is 4.82. The Kier molecular flexibility index (Phi) is 3.10. The quantitative estimate of drug-likeness (QED) is 0.679. The summed E-state index contributed by atoms with van der Waals surface area (Å²) < 4.78 is 0. The van der Waals surface area contributed by atoms with Crippen molar-refractivity contribution in [3.63, 3.8) is 0 Å². The largest absolute Gasteiger partial charge is 0.478 e. The molecule has 0 amide bonds. The fraction of sp³-hybridized carbons (Fsp3) is 0.750. The number of aliphatic carboxylic acids is 1. The highest BCUT2D eigenvalue weighted by Gasteiger charge is 2.32. The molecule has 2 fully saturated rings. The maximum atomic E-state index is 10.6. The van der Waals surface area contributed by atoms with Crippen molar-refractivity contribution in [3.8, 4) is 0 Å². The molecule has 84 valence electrons. The van der Waals surface area contributed by atoms with E-state index >= 15 is 0 Å². The molecular weight excluding hydrogens is 190 g/mol. The average molecular weight is 209 g/mol. The first-order chi connectivity index (χ1) is 7.16. The standard InChI is InChI=1S/C12H19NO2/c1-9(12(14)15)6-7-13(11-4-5-11)8-10-2-3-10/h6,10-11H,2-5,7-8H2,1H3,(H,14,15). The Hall–Kier alpha value is -0.830. The maximum Gasteiger partial charge on any atom is 0.330 e. The summed E-state index contributed by atoms with van der Waals surface area (Å²) in [5.74, 6) is 0.0984. The SMILES string of the molecule is CC(=CCN(CC1CC1)C1CC1)C(=O)O. The summed E-state index contributed by atoms with van der Waals surface area (Å²) in [5, 5.41) is 8.76. The second kappa shape index (κ2) is 4.35. The fourth-order valence-corrected chi connectivity index (χ4v) is 1.79. The van der Waals surface area contributed by atoms with Crippen LogP contribution in [0.15, 0.2) is 11.6 Å². The number of carboxylic acids is 1. The van der Waals surface area contributed by atoms with Gasteiger partial charge in [0.1, 0.15) is 0 Å². The van der Waals surface area contributed by atoms with Gasteiger partial charge in [-0.1, -0.05) is 6.08 Å². The van der Waals surface area contributed by atoms with E-state index in [1.54, 1.807) is 6.92 Å². The van der Waals surface area contributed by atoms with Crippen molar-refractivity contribution in [1.82, 2.24) is 4.90 Å². The highest BCUT2D eigenvalue weighted by Crippen LogP contribution is 2.34. The third-order valence-electron chi connectivity index (χ3n) is 3.22. The van der Waals surface area contributed by atoms with Gasteiger partial charge in [-0.05, 0) is 38.5 Å². The van der Waals surface area contributed by atoms with Crippen LogP contribution in [0.1, 0.15) is 32.6 Å². The van der Waals surface area contributed by atoms with E-state index < -0.39 is 5.97 Å². The minimum absolute atomic E-state index is 0.469. The topological polar surface area (TPSA) is 40.5 Å². The van der Waals surface area contributed by atoms with Gasteiger partial charge in [-0.3, -0.25) is 4.90 Å². The summed E-state index contributed by atoms with van der Waals surface area (Å²) in [6.07, 6.45) is 7.18. The lowest BCUT2D eigenvalue weighted by molar-refractivity contribution is -0.132. The van der Waals surface area contributed by atoms with Crippen molar-refractivity contribution < 1.29 is 9.90 Å². The molecule has 0 radical (unpaired) electrons. The van der Waals surface area contributed by atoms with Gasteiger partial charge in [0.15, 0.2) is 0 Å². The molecule has 0 unspecified atom stereocenters. The summed E-state index contributed by atoms with van der Waals surface area (Å²) in [6, 6.07) is 0.739. The highest BCUT2D eigenvalue weighted by atomic mass is 16.4. The van der Waals surface area contributed by atoms with Crippen molar-refractivity contribution in [3.05, 3.63) is 11.6 Å². The summed E-state index contributed by atoms with van der Waals surface area (Å²) in [6.45, 7) is 3.66. The zero-order valence-electron chi connectivity index (χ0n) is 9.28. The van der Waals surface area contributed by atoms with Crippen LogP contribution in [0.2, 0.25) is 0 Å². The van der Waals surface area contributed by atoms with Crippen molar-refractivity contribution in [2.75, 3.05) is 13.1 Å². The summed E-state index contributed by atoms with van der Waals surface area (Å²) in [5.41, 5.74) is 0.469. The maximum absolute atomic E-state index is 10.6. The number of carboxylic acid groups (broad SMARTS) is 1. The third kappa shape index (κ3) is 3.34. The van der Waals surface area contributed by atoms with Gasteiger partial charge < -0.3 is 5.11 Å². The molecule has 0 atom stereocenters. The lowest BCUT2D eigenvalue weighted by Gasteiger charge is -2.19. The van der Waals surface area contributed by atoms with Crippen LogP contribution < -0.4 is 0 Å². The molecule has 0 bridgehead atoms. The van der Waals surface area contributed by atoms with E-state index in [0.717, 1.165) is 18.5 Å². The molecule has 2 aliphatic carbocycles. The first kappa shape index (κ1) is 10.7. The molecule has 2 rings (SSSR count). The number of hydrogen-bond donors (Lipinski definition) is 1. The van der Waals surface area contributed by atoms with Gasteiger partial charge in [-0.15, -0.1) is 0 Å². The van der Waals surface area contributed by atoms with Gasteiger partial charge in [0.05, 0.1) is 0 Å². The van der Waals surface area contributed by atoms with Gasteiger partial charge >= 0.3 is 5.97 Å². The van der Waals surface area contributed by atoms with E-state index in [1.165, 1.54) is 32.2 Å². The molecule has 0 aromatic heterocycles. The highest BCUT2D eigenvalue weighted by molar-refractivity contribution is 5.85. The first-order valence-electron chi connectivity index (χ1n) is 5.81. The van der Waals surface area contributed by atoms with Gasteiger partial charge in [0.25, 0.3) is 0 Å². The van der Waals surface area contributed by atoms with Crippen LogP contribution in [0, 0.1) is 5.92 Å². The van der Waals surface area contributed by atoms with Crippen molar-refractivity contribution in [2.24, 2.45) is 5.92 Å². The molecule has 0 aromatic carbocycles. The number of rotatable bonds is 6. The Morgan fingerprint density at radius 2 is 2.07 bits per heavy atom. The Morgan fingerprint density at radius 3 is 2.53 bits per heavy atom. The first-order valence-corrected chi connectivity index (χ1v) is 5.81. The minimum Gasteiger partial charge on any atom is -0.478 e. The summed E-state index contributed by atoms with van der Waals surface area (Å²) >= 11 is 0. The summed E-state index contributed by atoms with van der Waals surface area (Å²) in [7, 11) is 0. The lowest BCUT2D eigenvalue weighted by Crippen LogP contribution is -2.28. The molecule has 0 heterocycles. The molecule has 0 spiro atoms. The lowest BCUT2D eigenvalue weighted by atomic mass is 10.2. The van der Waals surface area contributed by atoms with E-state index in [1.807, 2.05) is 6.08 Å². The molecule has 0 saturated heterocycles. The molecule has 3 nitrogen and oxygen atoms in total. The van der Waals surface area contributed by atoms with Crippen LogP contribution in [0.4, 0.5) is 0 Å². The van der Waals surface area contributed by atoms with Crippen LogP contribution in [0.3, 0.4) is 0 Å². The van der Waals surface area contributed by atoms with E-state index in [2.05, 4.69) is 4.90 Å². The summed E-state index contributed by atoms with van der Waals surface area (Å²) in [4.78, 5) is 13.1. The smallest absolute Gasteiger partial charge is 0.330 e. The second-order valence-electron chi connectivity index (χ2n) is 4.82. The van der Waals surface area contributed by atoms with Crippen LogP contribution in [-0.2, 0) is 4.79 Å². The van der Waals surface area contributed by atoms with Gasteiger partial charge in [-0.25, -0.2) is 4.79 Å². The predicted octanol–water partition coefficient (Wildman–Crippen LogP) is 1.89. The predicted molar refractivity (Wildman–Crippen MR) is 58.7 cm³/mol. The number of nitrogens with zero attached hydrogens (tertiary/aromatic N) is 1. The monoisotopic (exact) mass is 209 g/mol. The molecular formula is C12H19NO2. The zero-order chi connectivity index (χ0) is 10.8. The van der Waals surface area contributed by atoms with E-state index in [-0.39, 0.29) is 0 Å². The zero-order valence-corrected chi connectivity index (χ0v) is 9.28. The molecule has 1 N–H and O–H groups in total. The Morgan fingerprint density at radius 1 is 1.40 bits per heavy atom. The molecule has 2 aliphatic rings. The Bertz CT molecular complexity index is 277. The molecule has 15 heavy (non-hydrogen) atoms. The fourth-order valence-electron chi connectivity index (χ4n) is 1.79. The Labute approximate surface area is 90.8 Å². The van der Waals surface area contributed by atoms with Crippen molar-refractivity contribution in [2.45, 2.75) is 38.6 Å². The number of hydrogen-bond acceptors (Lipinski definition) is 2. The van der Waals surface area contributed by atoms with E-state index in [0.29, 0.717) is 5.57 Å². The van der Waals surface area contributed by atoms with Crippen LogP contribution >= 0.6 is 0 Å². The van der Waals surface area contributed by atoms with Gasteiger partial charge in [-0.2, -0.15) is 0 Å². The average Bonchev–Trinajstić information content (AvgIpc) is 3.00. The van der Waals surface area contributed by atoms with Gasteiger partial charge in [0.2, 0.25) is 0 Å². The molecule has 2 saturated carbocycles. The number of carbonyl (C=O) groups is 1. The normalized spacial score (nSPS) is 22.1. The molecule has 3 heteroatoms. The van der Waals surface area contributed by atoms with Crippen LogP contribution in [0.25, 0.3) is 0 Å². The van der Waals surface area contributed by atoms with Crippen LogP contribution in [0.5, 0.6) is 0 Å². The van der Waals surface area contributed by atoms with Crippen LogP contribution in [-0.4, -0.2) is 35.1 Å². The van der Waals surface area contributed by atoms with Crippen molar-refractivity contribution in [1.29, 1.82) is 0 Å². The van der Waals surface area contributed by atoms with E-state index in [9.17, 15) is 4.79 Å². The molecule has 0 aromatic rings. The third-order valence-corrected chi connectivity index (χ3v) is 3.22. The molecule has 0 aliphatic heterocycles.